The van der Waals surface area contributed by atoms with Crippen LogP contribution in [0.25, 0.3) is 0 Å². The van der Waals surface area contributed by atoms with E-state index in [1.807, 2.05) is 13.8 Å². The van der Waals surface area contributed by atoms with Gasteiger partial charge in [-0.25, -0.2) is 4.79 Å². The number of ether oxygens (including phenoxy) is 2. The number of methoxy groups -OCH3 is 1. The second-order valence-corrected chi connectivity index (χ2v) is 11.3. The molecule has 0 saturated carbocycles. The van der Waals surface area contributed by atoms with Gasteiger partial charge in [-0.2, -0.15) is 0 Å². The van der Waals surface area contributed by atoms with Crippen molar-refractivity contribution in [2.45, 2.75) is 84.9 Å². The topological polar surface area (TPSA) is 117 Å². The lowest BCUT2D eigenvalue weighted by atomic mass is 9.98. The van der Waals surface area contributed by atoms with Crippen LogP contribution in [0.5, 0.6) is 11.5 Å². The summed E-state index contributed by atoms with van der Waals surface area (Å²) in [6, 6.07) is 11.2. The highest BCUT2D eigenvalue weighted by Crippen LogP contribution is 2.28. The van der Waals surface area contributed by atoms with E-state index in [9.17, 15) is 19.5 Å². The fourth-order valence-corrected chi connectivity index (χ4v) is 4.26. The molecule has 2 aromatic carbocycles. The van der Waals surface area contributed by atoms with Crippen molar-refractivity contribution in [3.8, 4) is 11.5 Å². The maximum atomic E-state index is 14.2. The predicted molar refractivity (Wildman–Crippen MR) is 156 cm³/mol. The van der Waals surface area contributed by atoms with E-state index in [0.717, 1.165) is 12.8 Å². The maximum absolute atomic E-state index is 14.2. The van der Waals surface area contributed by atoms with Gasteiger partial charge < -0.3 is 30.1 Å². The average molecular weight is 556 g/mol. The molecule has 3 N–H and O–H groups in total. The van der Waals surface area contributed by atoms with E-state index in [0.29, 0.717) is 36.4 Å². The number of rotatable bonds is 13. The number of aromatic hydroxyl groups is 1. The van der Waals surface area contributed by atoms with E-state index in [2.05, 4.69) is 17.6 Å². The van der Waals surface area contributed by atoms with Gasteiger partial charge in [0.1, 0.15) is 29.2 Å². The van der Waals surface area contributed by atoms with Crippen molar-refractivity contribution in [3.63, 3.8) is 0 Å². The summed E-state index contributed by atoms with van der Waals surface area (Å²) in [5.74, 6) is -0.0121. The Hall–Kier alpha value is -3.75. The van der Waals surface area contributed by atoms with Gasteiger partial charge in [-0.3, -0.25) is 9.59 Å². The second-order valence-electron chi connectivity index (χ2n) is 11.3. The highest BCUT2D eigenvalue weighted by Gasteiger charge is 2.36. The van der Waals surface area contributed by atoms with Crippen LogP contribution in [0.1, 0.15) is 78.8 Å². The minimum absolute atomic E-state index is 0.0474. The van der Waals surface area contributed by atoms with E-state index >= 15 is 0 Å². The molecule has 0 aliphatic heterocycles. The van der Waals surface area contributed by atoms with Crippen LogP contribution < -0.4 is 15.4 Å². The molecule has 3 amide bonds. The number of unbranched alkanes of at least 4 members (excludes halogenated alkanes) is 2. The summed E-state index contributed by atoms with van der Waals surface area (Å²) in [5, 5.41) is 15.6. The molecule has 0 fully saturated rings. The van der Waals surface area contributed by atoms with Crippen LogP contribution in [0.2, 0.25) is 0 Å². The van der Waals surface area contributed by atoms with Gasteiger partial charge in [0.2, 0.25) is 5.91 Å². The van der Waals surface area contributed by atoms with Crippen LogP contribution in [-0.4, -0.2) is 53.2 Å². The number of nitrogens with one attached hydrogen (secondary N) is 2. The maximum Gasteiger partial charge on any atom is 0.408 e. The minimum Gasteiger partial charge on any atom is -0.508 e. The minimum atomic E-state index is -1.01. The molecule has 2 rings (SSSR count). The number of carbonyl (C=O) groups excluding carboxylic acids is 3. The number of benzene rings is 2. The third kappa shape index (κ3) is 10.4. The van der Waals surface area contributed by atoms with E-state index in [-0.39, 0.29) is 17.6 Å². The molecule has 0 heterocycles. The summed E-state index contributed by atoms with van der Waals surface area (Å²) in [7, 11) is 1.56. The smallest absolute Gasteiger partial charge is 0.408 e. The van der Waals surface area contributed by atoms with E-state index in [4.69, 9.17) is 9.47 Å². The van der Waals surface area contributed by atoms with E-state index in [1.54, 1.807) is 64.3 Å². The molecule has 0 aliphatic rings. The third-order valence-electron chi connectivity index (χ3n) is 6.11. The van der Waals surface area contributed by atoms with Crippen molar-refractivity contribution >= 4 is 23.6 Å². The highest BCUT2D eigenvalue weighted by molar-refractivity contribution is 5.99. The molecule has 2 aromatic rings. The van der Waals surface area contributed by atoms with Crippen molar-refractivity contribution < 1.29 is 29.0 Å². The Morgan fingerprint density at radius 2 is 1.60 bits per heavy atom. The van der Waals surface area contributed by atoms with Crippen molar-refractivity contribution in [2.75, 3.05) is 19.0 Å². The molecule has 9 nitrogen and oxygen atoms in total. The molecule has 0 aromatic heterocycles. The number of phenolic OH excluding ortho intramolecular Hbond substituents is 1. The van der Waals surface area contributed by atoms with Crippen LogP contribution in [0.3, 0.4) is 0 Å². The Balaban J connectivity index is 2.51. The number of nitrogens with zero attached hydrogens (tertiary/aromatic N) is 1. The monoisotopic (exact) mass is 555 g/mol. The van der Waals surface area contributed by atoms with Crippen molar-refractivity contribution in [3.05, 3.63) is 54.1 Å². The van der Waals surface area contributed by atoms with Crippen LogP contribution in [0.4, 0.5) is 10.5 Å². The van der Waals surface area contributed by atoms with Crippen molar-refractivity contribution in [1.82, 2.24) is 10.2 Å². The third-order valence-corrected chi connectivity index (χ3v) is 6.11. The Morgan fingerprint density at radius 3 is 2.12 bits per heavy atom. The molecule has 9 heteroatoms. The number of anilines is 1. The lowest BCUT2D eigenvalue weighted by Gasteiger charge is -2.35. The molecule has 0 spiro atoms. The van der Waals surface area contributed by atoms with Crippen molar-refractivity contribution in [2.24, 2.45) is 5.92 Å². The molecule has 2 unspecified atom stereocenters. The first kappa shape index (κ1) is 32.5. The highest BCUT2D eigenvalue weighted by atomic mass is 16.6. The standard InChI is InChI=1S/C31H45N3O6/c1-8-9-10-19-34(29(37)26(20-21(2)3)33-30(38)40-31(4,5)6)27(22-11-15-24(35)16-12-22)28(36)32-23-13-17-25(39-7)18-14-23/h11-18,21,26-27,35H,8-10,19-20H2,1-7H3,(H,32,36)(H,33,38). The van der Waals surface area contributed by atoms with Gasteiger partial charge in [-0.15, -0.1) is 0 Å². The van der Waals surface area contributed by atoms with Crippen molar-refractivity contribution in [1.29, 1.82) is 0 Å². The Bertz CT molecular complexity index is 1090. The van der Waals surface area contributed by atoms with E-state index < -0.39 is 29.7 Å². The van der Waals surface area contributed by atoms with Gasteiger partial charge in [0.15, 0.2) is 0 Å². The normalized spacial score (nSPS) is 12.8. The first-order valence-corrected chi connectivity index (χ1v) is 13.9. The molecular formula is C31H45N3O6. The lowest BCUT2D eigenvalue weighted by molar-refractivity contribution is -0.141. The Morgan fingerprint density at radius 1 is 0.975 bits per heavy atom. The fourth-order valence-electron chi connectivity index (χ4n) is 4.26. The second kappa shape index (κ2) is 15.1. The zero-order valence-corrected chi connectivity index (χ0v) is 24.8. The SMILES string of the molecule is CCCCCN(C(=O)C(CC(C)C)NC(=O)OC(C)(C)C)C(C(=O)Nc1ccc(OC)cc1)c1ccc(O)cc1. The number of carbonyl (C=O) groups is 3. The summed E-state index contributed by atoms with van der Waals surface area (Å²) >= 11 is 0. The zero-order valence-electron chi connectivity index (χ0n) is 24.8. The lowest BCUT2D eigenvalue weighted by Crippen LogP contribution is -2.53. The van der Waals surface area contributed by atoms with Gasteiger partial charge in [-0.1, -0.05) is 45.7 Å². The quantitative estimate of drug-likeness (QED) is 0.260. The average Bonchev–Trinajstić information content (AvgIpc) is 2.87. The number of hydrogen-bond donors (Lipinski definition) is 3. The molecule has 0 aliphatic carbocycles. The van der Waals surface area contributed by atoms with Gasteiger partial charge in [0.25, 0.3) is 5.91 Å². The summed E-state index contributed by atoms with van der Waals surface area (Å²) in [4.78, 5) is 42.3. The number of phenols is 1. The predicted octanol–water partition coefficient (Wildman–Crippen LogP) is 6.04. The number of alkyl carbamates (subject to hydrolysis) is 1. The molecule has 0 bridgehead atoms. The summed E-state index contributed by atoms with van der Waals surface area (Å²) in [6.07, 6.45) is 2.14. The Kier molecular flexibility index (Phi) is 12.3. The fraction of sp³-hybridized carbons (Fsp3) is 0.516. The first-order valence-electron chi connectivity index (χ1n) is 13.9. The van der Waals surface area contributed by atoms with Gasteiger partial charge in [-0.05, 0) is 81.5 Å². The number of hydrogen-bond acceptors (Lipinski definition) is 6. The van der Waals surface area contributed by atoms with E-state index in [1.165, 1.54) is 17.0 Å². The summed E-state index contributed by atoms with van der Waals surface area (Å²) < 4.78 is 10.7. The van der Waals surface area contributed by atoms with Crippen LogP contribution in [-0.2, 0) is 14.3 Å². The first-order chi connectivity index (χ1) is 18.8. The number of amides is 3. The molecule has 220 valence electrons. The Labute approximate surface area is 238 Å². The van der Waals surface area contributed by atoms with Crippen LogP contribution in [0, 0.1) is 5.92 Å². The molecule has 2 atom stereocenters. The summed E-state index contributed by atoms with van der Waals surface area (Å²) in [5.41, 5.74) is 0.346. The zero-order chi connectivity index (χ0) is 29.9. The molecule has 0 radical (unpaired) electrons. The van der Waals surface area contributed by atoms with Gasteiger partial charge in [0, 0.05) is 12.2 Å². The van der Waals surface area contributed by atoms with Crippen LogP contribution >= 0.6 is 0 Å². The largest absolute Gasteiger partial charge is 0.508 e. The van der Waals surface area contributed by atoms with Gasteiger partial charge >= 0.3 is 6.09 Å². The summed E-state index contributed by atoms with van der Waals surface area (Å²) in [6.45, 7) is 11.6. The molecule has 40 heavy (non-hydrogen) atoms. The molecule has 0 saturated heterocycles. The van der Waals surface area contributed by atoms with Gasteiger partial charge in [0.05, 0.1) is 7.11 Å². The molecular weight excluding hydrogens is 510 g/mol. The van der Waals surface area contributed by atoms with Crippen LogP contribution in [0.15, 0.2) is 48.5 Å².